The fraction of sp³-hybridized carbons (Fsp3) is 0.500. The lowest BCUT2D eigenvalue weighted by Crippen LogP contribution is -2.65. The second-order valence-corrected chi connectivity index (χ2v) is 10.6. The molecule has 2 saturated heterocycles. The number of aliphatic hydroxyl groups is 6. The predicted octanol–water partition coefficient (Wildman–Crippen LogP) is -1.74. The first-order chi connectivity index (χ1) is 22.0. The maximum atomic E-state index is 12.9. The fourth-order valence-corrected chi connectivity index (χ4v) is 4.96. The van der Waals surface area contributed by atoms with Crippen LogP contribution >= 0.6 is 0 Å². The van der Waals surface area contributed by atoms with E-state index >= 15 is 0 Å². The Hall–Kier alpha value is -3.55. The van der Waals surface area contributed by atoms with Crippen LogP contribution in [0.3, 0.4) is 0 Å². The van der Waals surface area contributed by atoms with Crippen LogP contribution in [0.4, 0.5) is 0 Å². The second-order valence-electron chi connectivity index (χ2n) is 10.6. The van der Waals surface area contributed by atoms with Crippen molar-refractivity contribution in [2.45, 2.75) is 67.8 Å². The highest BCUT2D eigenvalue weighted by Gasteiger charge is 2.52. The van der Waals surface area contributed by atoms with Gasteiger partial charge < -0.3 is 74.4 Å². The first-order valence-corrected chi connectivity index (χ1v) is 14.3. The van der Waals surface area contributed by atoms with Crippen molar-refractivity contribution >= 4 is 12.0 Å². The van der Waals surface area contributed by atoms with Gasteiger partial charge in [0.25, 0.3) is 0 Å². The van der Waals surface area contributed by atoms with Crippen molar-refractivity contribution in [2.75, 3.05) is 26.9 Å². The van der Waals surface area contributed by atoms with Gasteiger partial charge in [0.1, 0.15) is 42.7 Å². The molecule has 0 saturated carbocycles. The van der Waals surface area contributed by atoms with Crippen molar-refractivity contribution in [3.63, 3.8) is 0 Å². The molecular weight excluding hydrogens is 616 g/mol. The first kappa shape index (κ1) is 35.3. The Labute approximate surface area is 262 Å². The topological polar surface area (TPSA) is 255 Å². The monoisotopic (exact) mass is 654 g/mol. The molecular formula is C30H38O16. The molecule has 2 fully saturated rings. The number of aliphatic hydroxyl groups excluding tert-OH is 6. The summed E-state index contributed by atoms with van der Waals surface area (Å²) in [5, 5.41) is 91.0. The van der Waals surface area contributed by atoms with Gasteiger partial charge >= 0.3 is 5.97 Å². The van der Waals surface area contributed by atoms with Gasteiger partial charge in [-0.2, -0.15) is 0 Å². The number of methoxy groups -OCH3 is 1. The van der Waals surface area contributed by atoms with Gasteiger partial charge in [-0.3, -0.25) is 0 Å². The molecule has 2 aliphatic heterocycles. The zero-order chi connectivity index (χ0) is 33.5. The number of rotatable bonds is 12. The molecule has 2 heterocycles. The number of phenols is 3. The van der Waals surface area contributed by atoms with Crippen molar-refractivity contribution in [2.24, 2.45) is 0 Å². The molecule has 16 nitrogen and oxygen atoms in total. The Morgan fingerprint density at radius 3 is 2.17 bits per heavy atom. The number of hydrogen-bond donors (Lipinski definition) is 9. The molecule has 4 rings (SSSR count). The summed E-state index contributed by atoms with van der Waals surface area (Å²) < 4.78 is 33.2. The minimum absolute atomic E-state index is 0.0971. The second kappa shape index (κ2) is 15.8. The molecule has 2 aliphatic rings. The first-order valence-electron chi connectivity index (χ1n) is 14.3. The highest BCUT2D eigenvalue weighted by atomic mass is 16.7. The summed E-state index contributed by atoms with van der Waals surface area (Å²) in [5.74, 6) is -1.59. The van der Waals surface area contributed by atoms with E-state index < -0.39 is 80.6 Å². The van der Waals surface area contributed by atoms with E-state index in [9.17, 15) is 50.8 Å². The highest BCUT2D eigenvalue weighted by molar-refractivity contribution is 5.87. The Bertz CT molecular complexity index is 1330. The molecule has 0 radical (unpaired) electrons. The van der Waals surface area contributed by atoms with Crippen molar-refractivity contribution in [3.8, 4) is 23.0 Å². The number of ether oxygens (including phenoxy) is 6. The third-order valence-corrected chi connectivity index (χ3v) is 7.51. The number of benzene rings is 2. The Morgan fingerprint density at radius 1 is 0.804 bits per heavy atom. The van der Waals surface area contributed by atoms with Gasteiger partial charge in [0.2, 0.25) is 0 Å². The van der Waals surface area contributed by atoms with E-state index in [2.05, 4.69) is 0 Å². The molecule has 9 N–H and O–H groups in total. The van der Waals surface area contributed by atoms with E-state index in [1.165, 1.54) is 49.6 Å². The van der Waals surface area contributed by atoms with Crippen LogP contribution in [0, 0.1) is 0 Å². The Balaban J connectivity index is 1.54. The van der Waals surface area contributed by atoms with Gasteiger partial charge in [0, 0.05) is 6.08 Å². The van der Waals surface area contributed by atoms with Gasteiger partial charge in [0.15, 0.2) is 41.7 Å². The molecule has 0 spiro atoms. The quantitative estimate of drug-likeness (QED) is 0.0699. The molecule has 0 aliphatic carbocycles. The summed E-state index contributed by atoms with van der Waals surface area (Å²) in [6.07, 6.45) is -13.7. The van der Waals surface area contributed by atoms with Gasteiger partial charge in [0.05, 0.1) is 26.9 Å². The van der Waals surface area contributed by atoms with Crippen LogP contribution in [0.15, 0.2) is 42.5 Å². The van der Waals surface area contributed by atoms with Crippen LogP contribution in [0.2, 0.25) is 0 Å². The molecule has 16 heteroatoms. The van der Waals surface area contributed by atoms with Crippen LogP contribution in [0.25, 0.3) is 6.08 Å². The lowest BCUT2D eigenvalue weighted by atomic mass is 9.96. The standard InChI is InChI=1S/C30H38O16/c1-41-19-11-14(3-6-17(19)34)4-7-22(36)45-27-21(13-32)44-29(42-9-8-15-2-5-16(33)18(35)10-15)26(40)28(27)46-30-25(39)24(38)23(37)20(12-31)43-30/h2-7,10-11,20-21,23-35,37-40H,8-9,12-13H2,1H3. The molecule has 0 aromatic heterocycles. The summed E-state index contributed by atoms with van der Waals surface area (Å²) in [6, 6.07) is 8.44. The zero-order valence-electron chi connectivity index (χ0n) is 24.6. The largest absolute Gasteiger partial charge is 0.504 e. The molecule has 10 unspecified atom stereocenters. The average Bonchev–Trinajstić information content (AvgIpc) is 3.04. The van der Waals surface area contributed by atoms with E-state index in [4.69, 9.17) is 28.4 Å². The van der Waals surface area contributed by atoms with Crippen LogP contribution in [-0.4, -0.2) is 140 Å². The lowest BCUT2D eigenvalue weighted by molar-refractivity contribution is -0.360. The van der Waals surface area contributed by atoms with Crippen molar-refractivity contribution < 1.29 is 79.2 Å². The van der Waals surface area contributed by atoms with E-state index in [1.54, 1.807) is 0 Å². The highest BCUT2D eigenvalue weighted by Crippen LogP contribution is 2.32. The average molecular weight is 655 g/mol. The van der Waals surface area contributed by atoms with E-state index in [0.29, 0.717) is 11.1 Å². The molecule has 254 valence electrons. The normalized spacial score (nSPS) is 31.5. The van der Waals surface area contributed by atoms with Crippen LogP contribution < -0.4 is 4.74 Å². The van der Waals surface area contributed by atoms with Gasteiger partial charge in [-0.1, -0.05) is 12.1 Å². The number of esters is 1. The Morgan fingerprint density at radius 2 is 1.50 bits per heavy atom. The van der Waals surface area contributed by atoms with Crippen molar-refractivity contribution in [3.05, 3.63) is 53.6 Å². The summed E-state index contributed by atoms with van der Waals surface area (Å²) in [5.41, 5.74) is 1.02. The maximum Gasteiger partial charge on any atom is 0.331 e. The zero-order valence-corrected chi connectivity index (χ0v) is 24.6. The molecule has 2 aromatic carbocycles. The van der Waals surface area contributed by atoms with Crippen molar-refractivity contribution in [1.29, 1.82) is 0 Å². The van der Waals surface area contributed by atoms with Crippen LogP contribution in [-0.2, 0) is 34.9 Å². The summed E-state index contributed by atoms with van der Waals surface area (Å²) >= 11 is 0. The minimum Gasteiger partial charge on any atom is -0.504 e. The number of hydrogen-bond acceptors (Lipinski definition) is 16. The number of carbonyl (C=O) groups excluding carboxylic acids is 1. The summed E-state index contributed by atoms with van der Waals surface area (Å²) in [4.78, 5) is 12.9. The van der Waals surface area contributed by atoms with Crippen LogP contribution in [0.5, 0.6) is 23.0 Å². The molecule has 0 amide bonds. The minimum atomic E-state index is -1.87. The van der Waals surface area contributed by atoms with E-state index in [0.717, 1.165) is 6.08 Å². The molecule has 10 atom stereocenters. The molecule has 0 bridgehead atoms. The molecule has 2 aromatic rings. The smallest absolute Gasteiger partial charge is 0.331 e. The number of carbonyl (C=O) groups is 1. The maximum absolute atomic E-state index is 12.9. The molecule has 46 heavy (non-hydrogen) atoms. The summed E-state index contributed by atoms with van der Waals surface area (Å²) in [7, 11) is 1.35. The third kappa shape index (κ3) is 8.23. The van der Waals surface area contributed by atoms with E-state index in [-0.39, 0.29) is 36.0 Å². The predicted molar refractivity (Wildman–Crippen MR) is 153 cm³/mol. The SMILES string of the molecule is COc1cc(C=CC(=O)OC2C(CO)OC(OCCc3ccc(O)c(O)c3)C(O)C2OC2OC(CO)C(O)C(O)C2O)ccc1O. The fourth-order valence-electron chi connectivity index (χ4n) is 4.96. The lowest BCUT2D eigenvalue weighted by Gasteiger charge is -2.46. The van der Waals surface area contributed by atoms with E-state index in [1.807, 2.05) is 0 Å². The third-order valence-electron chi connectivity index (χ3n) is 7.51. The number of phenolic OH excluding ortho intramolecular Hbond substituents is 3. The van der Waals surface area contributed by atoms with Gasteiger partial charge in [-0.05, 0) is 47.9 Å². The van der Waals surface area contributed by atoms with Crippen LogP contribution in [0.1, 0.15) is 11.1 Å². The van der Waals surface area contributed by atoms with Gasteiger partial charge in [-0.25, -0.2) is 4.79 Å². The van der Waals surface area contributed by atoms with Crippen molar-refractivity contribution in [1.82, 2.24) is 0 Å². The number of aromatic hydroxyl groups is 3. The van der Waals surface area contributed by atoms with Gasteiger partial charge in [-0.15, -0.1) is 0 Å². The Kier molecular flexibility index (Phi) is 12.2. The summed E-state index contributed by atoms with van der Waals surface area (Å²) in [6.45, 7) is -1.62.